The molecular weight excluding hydrogens is 350 g/mol. The van der Waals surface area contributed by atoms with Gasteiger partial charge in [-0.25, -0.2) is 4.79 Å². The molecule has 0 saturated heterocycles. The minimum Gasteiger partial charge on any atom is -0.465 e. The molecule has 0 bridgehead atoms. The summed E-state index contributed by atoms with van der Waals surface area (Å²) in [5.74, 6) is -0.322. The van der Waals surface area contributed by atoms with Gasteiger partial charge in [0, 0.05) is 31.4 Å². The molecule has 0 aliphatic rings. The Morgan fingerprint density at radius 2 is 1.95 bits per heavy atom. The molecule has 1 aromatic heterocycles. The van der Waals surface area contributed by atoms with Gasteiger partial charge < -0.3 is 9.72 Å². The lowest BCUT2D eigenvalue weighted by Gasteiger charge is -2.02. The average molecular weight is 362 g/mol. The van der Waals surface area contributed by atoms with Crippen LogP contribution >= 0.6 is 27.7 Å². The fraction of sp³-hybridized carbons (Fsp3) is 0.0625. The van der Waals surface area contributed by atoms with Crippen LogP contribution < -0.4 is 0 Å². The van der Waals surface area contributed by atoms with Crippen LogP contribution in [-0.2, 0) is 4.74 Å². The van der Waals surface area contributed by atoms with E-state index in [0.717, 1.165) is 25.2 Å². The molecule has 21 heavy (non-hydrogen) atoms. The van der Waals surface area contributed by atoms with E-state index >= 15 is 0 Å². The third kappa shape index (κ3) is 2.99. The fourth-order valence-corrected chi connectivity index (χ4v) is 3.24. The normalized spacial score (nSPS) is 10.8. The number of fused-ring (bicyclic) bond motifs is 1. The standard InChI is InChI=1S/C16H12BrNO2S/c1-20-16(19)10-2-7-14-13(8-10)15(9-18-14)21-12-5-3-11(17)4-6-12/h2-9,18H,1H3. The van der Waals surface area contributed by atoms with Crippen molar-refractivity contribution >= 4 is 44.6 Å². The lowest BCUT2D eigenvalue weighted by Crippen LogP contribution is -2.00. The zero-order valence-corrected chi connectivity index (χ0v) is 13.6. The number of rotatable bonds is 3. The minimum absolute atomic E-state index is 0.322. The summed E-state index contributed by atoms with van der Waals surface area (Å²) >= 11 is 5.09. The SMILES string of the molecule is COC(=O)c1ccc2[nH]cc(Sc3ccc(Br)cc3)c2c1. The fourth-order valence-electron chi connectivity index (χ4n) is 2.05. The van der Waals surface area contributed by atoms with Crippen molar-refractivity contribution in [2.45, 2.75) is 9.79 Å². The van der Waals surface area contributed by atoms with Crippen molar-refractivity contribution in [2.24, 2.45) is 0 Å². The quantitative estimate of drug-likeness (QED) is 0.676. The number of carbonyl (C=O) groups excluding carboxylic acids is 1. The number of esters is 1. The molecule has 0 amide bonds. The zero-order valence-electron chi connectivity index (χ0n) is 11.2. The number of hydrogen-bond acceptors (Lipinski definition) is 3. The van der Waals surface area contributed by atoms with Crippen molar-refractivity contribution in [1.82, 2.24) is 4.98 Å². The van der Waals surface area contributed by atoms with Crippen LogP contribution in [0, 0.1) is 0 Å². The molecule has 3 aromatic rings. The molecule has 3 rings (SSSR count). The van der Waals surface area contributed by atoms with E-state index in [4.69, 9.17) is 4.74 Å². The van der Waals surface area contributed by atoms with E-state index in [2.05, 4.69) is 33.0 Å². The molecule has 5 heteroatoms. The number of nitrogens with one attached hydrogen (secondary N) is 1. The predicted octanol–water partition coefficient (Wildman–Crippen LogP) is 4.87. The lowest BCUT2D eigenvalue weighted by atomic mass is 10.1. The maximum Gasteiger partial charge on any atom is 0.337 e. The monoisotopic (exact) mass is 361 g/mol. The lowest BCUT2D eigenvalue weighted by molar-refractivity contribution is 0.0601. The van der Waals surface area contributed by atoms with E-state index < -0.39 is 0 Å². The third-order valence-corrected chi connectivity index (χ3v) is 4.70. The Bertz CT molecular complexity index is 796. The number of methoxy groups -OCH3 is 1. The van der Waals surface area contributed by atoms with E-state index in [1.807, 2.05) is 30.5 Å². The van der Waals surface area contributed by atoms with Crippen LogP contribution in [0.5, 0.6) is 0 Å². The van der Waals surface area contributed by atoms with Crippen LogP contribution in [0.15, 0.2) is 62.9 Å². The van der Waals surface area contributed by atoms with E-state index in [9.17, 15) is 4.79 Å². The largest absolute Gasteiger partial charge is 0.465 e. The minimum atomic E-state index is -0.322. The van der Waals surface area contributed by atoms with Gasteiger partial charge in [0.25, 0.3) is 0 Å². The first-order valence-corrected chi connectivity index (χ1v) is 7.91. The van der Waals surface area contributed by atoms with E-state index in [0.29, 0.717) is 5.56 Å². The maximum absolute atomic E-state index is 11.6. The molecule has 0 fully saturated rings. The zero-order chi connectivity index (χ0) is 14.8. The van der Waals surface area contributed by atoms with Gasteiger partial charge >= 0.3 is 5.97 Å². The van der Waals surface area contributed by atoms with Crippen LogP contribution in [0.4, 0.5) is 0 Å². The third-order valence-electron chi connectivity index (χ3n) is 3.11. The summed E-state index contributed by atoms with van der Waals surface area (Å²) in [6.07, 6.45) is 1.96. The maximum atomic E-state index is 11.6. The van der Waals surface area contributed by atoms with Gasteiger partial charge in [0.1, 0.15) is 0 Å². The summed E-state index contributed by atoms with van der Waals surface area (Å²) in [6.45, 7) is 0. The molecule has 0 unspecified atom stereocenters. The second-order valence-electron chi connectivity index (χ2n) is 4.46. The summed E-state index contributed by atoms with van der Waals surface area (Å²) < 4.78 is 5.83. The molecular formula is C16H12BrNO2S. The van der Waals surface area contributed by atoms with Gasteiger partial charge in [-0.15, -0.1) is 0 Å². The molecule has 1 heterocycles. The summed E-state index contributed by atoms with van der Waals surface area (Å²) in [4.78, 5) is 17.1. The number of halogens is 1. The first-order valence-electron chi connectivity index (χ1n) is 6.30. The summed E-state index contributed by atoms with van der Waals surface area (Å²) in [6, 6.07) is 13.6. The Hall–Kier alpha value is -1.72. The molecule has 0 saturated carbocycles. The van der Waals surface area contributed by atoms with Crippen molar-refractivity contribution in [1.29, 1.82) is 0 Å². The molecule has 3 nitrogen and oxygen atoms in total. The van der Waals surface area contributed by atoms with Gasteiger partial charge in [-0.3, -0.25) is 0 Å². The van der Waals surface area contributed by atoms with Gasteiger partial charge in [-0.05, 0) is 42.5 Å². The predicted molar refractivity (Wildman–Crippen MR) is 87.9 cm³/mol. The molecule has 1 N–H and O–H groups in total. The number of aromatic amines is 1. The first-order chi connectivity index (χ1) is 10.2. The van der Waals surface area contributed by atoms with Gasteiger partial charge in [0.05, 0.1) is 12.7 Å². The smallest absolute Gasteiger partial charge is 0.337 e. The average Bonchev–Trinajstić information content (AvgIpc) is 2.91. The topological polar surface area (TPSA) is 42.1 Å². The van der Waals surface area contributed by atoms with Gasteiger partial charge in [-0.2, -0.15) is 0 Å². The summed E-state index contributed by atoms with van der Waals surface area (Å²) in [5.41, 5.74) is 1.56. The van der Waals surface area contributed by atoms with Crippen LogP contribution in [0.25, 0.3) is 10.9 Å². The molecule has 106 valence electrons. The first kappa shape index (κ1) is 14.2. The van der Waals surface area contributed by atoms with E-state index in [1.54, 1.807) is 17.8 Å². The highest BCUT2D eigenvalue weighted by Crippen LogP contribution is 2.34. The summed E-state index contributed by atoms with van der Waals surface area (Å²) in [7, 11) is 1.39. The van der Waals surface area contributed by atoms with Crippen molar-refractivity contribution in [3.63, 3.8) is 0 Å². The van der Waals surface area contributed by atoms with Crippen LogP contribution in [0.2, 0.25) is 0 Å². The molecule has 0 atom stereocenters. The highest BCUT2D eigenvalue weighted by atomic mass is 79.9. The Labute approximate surface area is 134 Å². The highest BCUT2D eigenvalue weighted by molar-refractivity contribution is 9.10. The van der Waals surface area contributed by atoms with Crippen molar-refractivity contribution in [3.8, 4) is 0 Å². The second kappa shape index (κ2) is 5.95. The van der Waals surface area contributed by atoms with Gasteiger partial charge in [-0.1, -0.05) is 27.7 Å². The highest BCUT2D eigenvalue weighted by Gasteiger charge is 2.10. The molecule has 0 aliphatic carbocycles. The molecule has 0 aliphatic heterocycles. The Balaban J connectivity index is 1.98. The van der Waals surface area contributed by atoms with E-state index in [-0.39, 0.29) is 5.97 Å². The Kier molecular flexibility index (Phi) is 4.03. The Morgan fingerprint density at radius 1 is 1.19 bits per heavy atom. The van der Waals surface area contributed by atoms with Gasteiger partial charge in [0.2, 0.25) is 0 Å². The summed E-state index contributed by atoms with van der Waals surface area (Å²) in [5, 5.41) is 1.02. The van der Waals surface area contributed by atoms with Crippen LogP contribution in [0.1, 0.15) is 10.4 Å². The number of aromatic nitrogens is 1. The number of ether oxygens (including phenoxy) is 1. The van der Waals surface area contributed by atoms with Crippen molar-refractivity contribution < 1.29 is 9.53 Å². The van der Waals surface area contributed by atoms with Crippen LogP contribution in [-0.4, -0.2) is 18.1 Å². The second-order valence-corrected chi connectivity index (χ2v) is 6.49. The Morgan fingerprint density at radius 3 is 2.67 bits per heavy atom. The van der Waals surface area contributed by atoms with Crippen molar-refractivity contribution in [3.05, 3.63) is 58.7 Å². The number of H-pyrrole nitrogens is 1. The van der Waals surface area contributed by atoms with Crippen LogP contribution in [0.3, 0.4) is 0 Å². The van der Waals surface area contributed by atoms with Gasteiger partial charge in [0.15, 0.2) is 0 Å². The number of carbonyl (C=O) groups is 1. The molecule has 0 spiro atoms. The number of hydrogen-bond donors (Lipinski definition) is 1. The van der Waals surface area contributed by atoms with Crippen molar-refractivity contribution in [2.75, 3.05) is 7.11 Å². The number of benzene rings is 2. The molecule has 0 radical (unpaired) electrons. The molecule has 2 aromatic carbocycles. The van der Waals surface area contributed by atoms with E-state index in [1.165, 1.54) is 7.11 Å².